The molecule has 0 aliphatic rings. The van der Waals surface area contributed by atoms with Gasteiger partial charge in [0, 0.05) is 6.21 Å². The molecule has 7 heteroatoms. The molecular formula is C12H11N2NaO3S. The fourth-order valence-electron chi connectivity index (χ4n) is 1.26. The van der Waals surface area contributed by atoms with Crippen molar-refractivity contribution in [3.63, 3.8) is 0 Å². The van der Waals surface area contributed by atoms with Crippen molar-refractivity contribution in [1.82, 2.24) is 0 Å². The van der Waals surface area contributed by atoms with E-state index in [0.717, 1.165) is 5.56 Å². The Morgan fingerprint density at radius 3 is 2.47 bits per heavy atom. The largest absolute Gasteiger partial charge is 1.00 e. The van der Waals surface area contributed by atoms with Gasteiger partial charge in [-0.15, -0.1) is 0 Å². The van der Waals surface area contributed by atoms with Gasteiger partial charge < -0.3 is 14.3 Å². The molecule has 1 aromatic carbocycles. The van der Waals surface area contributed by atoms with E-state index in [9.17, 15) is 8.42 Å². The van der Waals surface area contributed by atoms with Crippen LogP contribution >= 0.6 is 0 Å². The Balaban J connectivity index is 0.00000180. The monoisotopic (exact) mass is 286 g/mol. The molecule has 0 N–H and O–H groups in total. The molecule has 94 valence electrons. The Morgan fingerprint density at radius 1 is 1.21 bits per heavy atom. The summed E-state index contributed by atoms with van der Waals surface area (Å²) in [5, 5.41) is 3.50. The maximum Gasteiger partial charge on any atom is 1.00 e. The quantitative estimate of drug-likeness (QED) is 0.439. The summed E-state index contributed by atoms with van der Waals surface area (Å²) in [6.45, 7) is 1.88. The summed E-state index contributed by atoms with van der Waals surface area (Å²) >= 11 is 0. The molecule has 0 fully saturated rings. The first kappa shape index (κ1) is 16.0. The van der Waals surface area contributed by atoms with E-state index >= 15 is 0 Å². The molecule has 0 aliphatic heterocycles. The Labute approximate surface area is 134 Å². The van der Waals surface area contributed by atoms with Crippen LogP contribution in [0.25, 0.3) is 4.83 Å². The van der Waals surface area contributed by atoms with Gasteiger partial charge in [0.1, 0.15) is 15.8 Å². The molecule has 0 amide bonds. The Morgan fingerprint density at radius 2 is 1.89 bits per heavy atom. The van der Waals surface area contributed by atoms with Crippen LogP contribution in [0.15, 0.2) is 57.1 Å². The maximum atomic E-state index is 11.8. The van der Waals surface area contributed by atoms with Crippen LogP contribution in [0.3, 0.4) is 0 Å². The van der Waals surface area contributed by atoms with E-state index in [-0.39, 0.29) is 34.5 Å². The van der Waals surface area contributed by atoms with Crippen molar-refractivity contribution in [2.45, 2.75) is 11.8 Å². The summed E-state index contributed by atoms with van der Waals surface area (Å²) in [6, 6.07) is 9.73. The van der Waals surface area contributed by atoms with Gasteiger partial charge in [-0.25, -0.2) is 8.42 Å². The smallest absolute Gasteiger partial charge is 0.490 e. The molecule has 2 aromatic rings. The van der Waals surface area contributed by atoms with Crippen LogP contribution in [-0.4, -0.2) is 14.6 Å². The number of nitrogens with zero attached hydrogens (tertiary/aromatic N) is 2. The molecule has 1 heterocycles. The second-order valence-corrected chi connectivity index (χ2v) is 5.21. The van der Waals surface area contributed by atoms with Crippen molar-refractivity contribution in [2.24, 2.45) is 5.10 Å². The fraction of sp³-hybridized carbons (Fsp3) is 0.0833. The van der Waals surface area contributed by atoms with E-state index < -0.39 is 10.0 Å². The molecule has 2 rings (SSSR count). The first-order valence-corrected chi connectivity index (χ1v) is 6.62. The van der Waals surface area contributed by atoms with Crippen molar-refractivity contribution in [3.8, 4) is 0 Å². The van der Waals surface area contributed by atoms with E-state index in [1.165, 1.54) is 24.6 Å². The third kappa shape index (κ3) is 4.50. The molecule has 0 aliphatic carbocycles. The SMILES string of the molecule is Cc1ccc(S(=O)(=O)[N-]/N=C/c2ccco2)cc1.[Na+]. The van der Waals surface area contributed by atoms with Crippen LogP contribution in [0.2, 0.25) is 0 Å². The van der Waals surface area contributed by atoms with E-state index in [1.807, 2.05) is 6.92 Å². The summed E-state index contributed by atoms with van der Waals surface area (Å²) in [5.41, 5.74) is 0.980. The molecule has 0 spiro atoms. The topological polar surface area (TPSA) is 73.7 Å². The predicted octanol–water partition coefficient (Wildman–Crippen LogP) is -0.311. The molecule has 19 heavy (non-hydrogen) atoms. The standard InChI is InChI=1S/C12H11N2O3S.Na/c1-10-4-6-12(7-5-10)18(15,16)14-13-9-11-3-2-8-17-11;/h2-9H,1H3;/q-1;+1/b13-9+;. The summed E-state index contributed by atoms with van der Waals surface area (Å²) in [4.78, 5) is 3.43. The number of furan rings is 1. The van der Waals surface area contributed by atoms with Crippen molar-refractivity contribution in [3.05, 3.63) is 58.8 Å². The minimum atomic E-state index is -3.74. The van der Waals surface area contributed by atoms with Crippen molar-refractivity contribution in [2.75, 3.05) is 0 Å². The third-order valence-electron chi connectivity index (χ3n) is 2.20. The average molecular weight is 286 g/mol. The summed E-state index contributed by atoms with van der Waals surface area (Å²) in [7, 11) is -3.74. The van der Waals surface area contributed by atoms with Crippen molar-refractivity contribution < 1.29 is 42.4 Å². The van der Waals surface area contributed by atoms with E-state index in [4.69, 9.17) is 4.42 Å². The number of aryl methyl sites for hydroxylation is 1. The summed E-state index contributed by atoms with van der Waals surface area (Å²) < 4.78 is 28.5. The number of rotatable bonds is 4. The molecule has 0 atom stereocenters. The molecule has 1 aromatic heterocycles. The second-order valence-electron chi connectivity index (χ2n) is 3.63. The number of sulfonamides is 1. The van der Waals surface area contributed by atoms with Gasteiger partial charge in [0.05, 0.1) is 11.2 Å². The van der Waals surface area contributed by atoms with Gasteiger partial charge in [-0.3, -0.25) is 0 Å². The minimum absolute atomic E-state index is 0. The van der Waals surface area contributed by atoms with Gasteiger partial charge in [-0.2, -0.15) is 0 Å². The molecule has 5 nitrogen and oxygen atoms in total. The van der Waals surface area contributed by atoms with Gasteiger partial charge >= 0.3 is 29.6 Å². The molecule has 0 bridgehead atoms. The maximum absolute atomic E-state index is 11.8. The Kier molecular flexibility index (Phi) is 5.81. The Hall–Kier alpha value is -1.08. The van der Waals surface area contributed by atoms with E-state index in [1.54, 1.807) is 24.3 Å². The number of hydrogen-bond acceptors (Lipinski definition) is 4. The molecule has 0 saturated carbocycles. The van der Waals surface area contributed by atoms with Crippen LogP contribution in [-0.2, 0) is 10.0 Å². The zero-order valence-electron chi connectivity index (χ0n) is 10.6. The van der Waals surface area contributed by atoms with Gasteiger partial charge in [0.2, 0.25) is 0 Å². The summed E-state index contributed by atoms with van der Waals surface area (Å²) in [5.74, 6) is 0.442. The van der Waals surface area contributed by atoms with Crippen LogP contribution in [0.5, 0.6) is 0 Å². The average Bonchev–Trinajstić information content (AvgIpc) is 2.82. The first-order valence-electron chi connectivity index (χ1n) is 5.18. The molecular weight excluding hydrogens is 275 g/mol. The Bertz CT molecular complexity index is 634. The van der Waals surface area contributed by atoms with Gasteiger partial charge in [-0.05, 0) is 31.2 Å². The fourth-order valence-corrected chi connectivity index (χ4v) is 2.01. The zero-order chi connectivity index (χ0) is 13.0. The van der Waals surface area contributed by atoms with E-state index in [2.05, 4.69) is 9.93 Å². The van der Waals surface area contributed by atoms with Crippen LogP contribution in [0, 0.1) is 6.92 Å². The molecule has 0 saturated heterocycles. The summed E-state index contributed by atoms with van der Waals surface area (Å²) in [6.07, 6.45) is 2.71. The van der Waals surface area contributed by atoms with Crippen LogP contribution in [0.1, 0.15) is 11.3 Å². The molecule has 0 unspecified atom stereocenters. The van der Waals surface area contributed by atoms with Crippen molar-refractivity contribution in [1.29, 1.82) is 0 Å². The first-order chi connectivity index (χ1) is 8.58. The third-order valence-corrected chi connectivity index (χ3v) is 3.38. The minimum Gasteiger partial charge on any atom is -0.490 e. The van der Waals surface area contributed by atoms with Crippen LogP contribution < -0.4 is 29.6 Å². The van der Waals surface area contributed by atoms with Gasteiger partial charge in [0.15, 0.2) is 0 Å². The predicted molar refractivity (Wildman–Crippen MR) is 68.0 cm³/mol. The molecule has 0 radical (unpaired) electrons. The van der Waals surface area contributed by atoms with Gasteiger partial charge in [0.25, 0.3) is 0 Å². The van der Waals surface area contributed by atoms with E-state index in [0.29, 0.717) is 5.76 Å². The number of benzene rings is 1. The van der Waals surface area contributed by atoms with Gasteiger partial charge in [-0.1, -0.05) is 17.7 Å². The van der Waals surface area contributed by atoms with Crippen molar-refractivity contribution >= 4 is 16.2 Å². The second kappa shape index (κ2) is 6.91. The number of hydrogen-bond donors (Lipinski definition) is 0. The normalized spacial score (nSPS) is 11.2. The zero-order valence-corrected chi connectivity index (χ0v) is 13.5. The van der Waals surface area contributed by atoms with Crippen LogP contribution in [0.4, 0.5) is 0 Å².